The average Bonchev–Trinajstić information content (AvgIpc) is 2.77. The molecular formula is C13H18N2OS. The summed E-state index contributed by atoms with van der Waals surface area (Å²) >= 11 is 1.72. The van der Waals surface area contributed by atoms with Gasteiger partial charge >= 0.3 is 0 Å². The SMILES string of the molecule is CC(C)C(CCO)Nc1nccc2sccc12. The summed E-state index contributed by atoms with van der Waals surface area (Å²) in [5.41, 5.74) is 0. The Kier molecular flexibility index (Phi) is 3.97. The third-order valence-electron chi connectivity index (χ3n) is 2.95. The van der Waals surface area contributed by atoms with Crippen molar-refractivity contribution in [2.75, 3.05) is 11.9 Å². The maximum atomic E-state index is 9.08. The Morgan fingerprint density at radius 1 is 1.41 bits per heavy atom. The van der Waals surface area contributed by atoms with Gasteiger partial charge < -0.3 is 10.4 Å². The van der Waals surface area contributed by atoms with E-state index in [1.54, 1.807) is 11.3 Å². The van der Waals surface area contributed by atoms with Crippen LogP contribution in [0, 0.1) is 5.92 Å². The molecule has 2 N–H and O–H groups in total. The highest BCUT2D eigenvalue weighted by molar-refractivity contribution is 7.17. The van der Waals surface area contributed by atoms with E-state index in [4.69, 9.17) is 5.11 Å². The van der Waals surface area contributed by atoms with Crippen LogP contribution < -0.4 is 5.32 Å². The van der Waals surface area contributed by atoms with E-state index in [2.05, 4.69) is 35.6 Å². The molecule has 92 valence electrons. The minimum Gasteiger partial charge on any atom is -0.396 e. The van der Waals surface area contributed by atoms with Crippen molar-refractivity contribution in [1.82, 2.24) is 4.98 Å². The lowest BCUT2D eigenvalue weighted by Crippen LogP contribution is -2.27. The van der Waals surface area contributed by atoms with Crippen LogP contribution in [0.25, 0.3) is 10.1 Å². The number of anilines is 1. The number of aliphatic hydroxyl groups is 1. The van der Waals surface area contributed by atoms with Crippen molar-refractivity contribution in [2.45, 2.75) is 26.3 Å². The Hall–Kier alpha value is -1.13. The molecule has 2 aromatic heterocycles. The second kappa shape index (κ2) is 5.47. The molecule has 0 bridgehead atoms. The van der Waals surface area contributed by atoms with Crippen molar-refractivity contribution in [3.05, 3.63) is 23.7 Å². The Labute approximate surface area is 106 Å². The summed E-state index contributed by atoms with van der Waals surface area (Å²) in [4.78, 5) is 4.40. The number of nitrogens with zero attached hydrogens (tertiary/aromatic N) is 1. The summed E-state index contributed by atoms with van der Waals surface area (Å²) in [6.45, 7) is 4.51. The lowest BCUT2D eigenvalue weighted by Gasteiger charge is -2.22. The predicted molar refractivity (Wildman–Crippen MR) is 73.6 cm³/mol. The standard InChI is InChI=1S/C13H18N2OS/c1-9(2)11(4-7-16)15-13-10-5-8-17-12(10)3-6-14-13/h3,5-6,8-9,11,16H,4,7H2,1-2H3,(H,14,15). The molecular weight excluding hydrogens is 232 g/mol. The summed E-state index contributed by atoms with van der Waals surface area (Å²) in [7, 11) is 0. The van der Waals surface area contributed by atoms with E-state index in [0.29, 0.717) is 5.92 Å². The zero-order chi connectivity index (χ0) is 12.3. The highest BCUT2D eigenvalue weighted by atomic mass is 32.1. The Morgan fingerprint density at radius 2 is 2.24 bits per heavy atom. The van der Waals surface area contributed by atoms with Crippen LogP contribution in [0.5, 0.6) is 0 Å². The number of pyridine rings is 1. The van der Waals surface area contributed by atoms with E-state index in [9.17, 15) is 0 Å². The molecule has 3 nitrogen and oxygen atoms in total. The van der Waals surface area contributed by atoms with Gasteiger partial charge in [-0.1, -0.05) is 13.8 Å². The maximum absolute atomic E-state index is 9.08. The fourth-order valence-electron chi connectivity index (χ4n) is 1.90. The molecule has 0 aliphatic carbocycles. The first-order chi connectivity index (χ1) is 8.22. The quantitative estimate of drug-likeness (QED) is 0.857. The Balaban J connectivity index is 2.24. The van der Waals surface area contributed by atoms with E-state index in [1.807, 2.05) is 12.3 Å². The molecule has 4 heteroatoms. The summed E-state index contributed by atoms with van der Waals surface area (Å²) in [6.07, 6.45) is 2.58. The molecule has 0 spiro atoms. The van der Waals surface area contributed by atoms with Crippen molar-refractivity contribution in [3.8, 4) is 0 Å². The first kappa shape index (κ1) is 12.3. The van der Waals surface area contributed by atoms with Gasteiger partial charge in [0, 0.05) is 28.9 Å². The summed E-state index contributed by atoms with van der Waals surface area (Å²) < 4.78 is 1.24. The van der Waals surface area contributed by atoms with E-state index in [0.717, 1.165) is 12.2 Å². The lowest BCUT2D eigenvalue weighted by atomic mass is 10.0. The molecule has 0 saturated carbocycles. The van der Waals surface area contributed by atoms with Crippen LogP contribution in [-0.2, 0) is 0 Å². The van der Waals surface area contributed by atoms with Crippen LogP contribution in [0.1, 0.15) is 20.3 Å². The summed E-state index contributed by atoms with van der Waals surface area (Å²) in [6, 6.07) is 4.38. The van der Waals surface area contributed by atoms with Gasteiger partial charge in [-0.25, -0.2) is 4.98 Å². The van der Waals surface area contributed by atoms with Crippen LogP contribution in [0.15, 0.2) is 23.7 Å². The molecule has 0 fully saturated rings. The Morgan fingerprint density at radius 3 is 2.94 bits per heavy atom. The minimum atomic E-state index is 0.204. The molecule has 1 atom stereocenters. The molecule has 2 heterocycles. The third kappa shape index (κ3) is 2.76. The van der Waals surface area contributed by atoms with Gasteiger partial charge in [0.15, 0.2) is 0 Å². The molecule has 2 rings (SSSR count). The van der Waals surface area contributed by atoms with E-state index < -0.39 is 0 Å². The highest BCUT2D eigenvalue weighted by Gasteiger charge is 2.14. The van der Waals surface area contributed by atoms with Crippen LogP contribution in [-0.4, -0.2) is 22.7 Å². The minimum absolute atomic E-state index is 0.204. The highest BCUT2D eigenvalue weighted by Crippen LogP contribution is 2.27. The van der Waals surface area contributed by atoms with Crippen LogP contribution in [0.2, 0.25) is 0 Å². The van der Waals surface area contributed by atoms with Gasteiger partial charge in [-0.2, -0.15) is 0 Å². The maximum Gasteiger partial charge on any atom is 0.134 e. The predicted octanol–water partition coefficient (Wildman–Crippen LogP) is 3.12. The van der Waals surface area contributed by atoms with Gasteiger partial charge in [0.1, 0.15) is 5.82 Å². The monoisotopic (exact) mass is 250 g/mol. The zero-order valence-corrected chi connectivity index (χ0v) is 11.0. The fraction of sp³-hybridized carbons (Fsp3) is 0.462. The van der Waals surface area contributed by atoms with Crippen molar-refractivity contribution in [1.29, 1.82) is 0 Å². The van der Waals surface area contributed by atoms with Crippen LogP contribution in [0.3, 0.4) is 0 Å². The number of aliphatic hydroxyl groups excluding tert-OH is 1. The normalized spacial score (nSPS) is 13.2. The number of hydrogen-bond donors (Lipinski definition) is 2. The topological polar surface area (TPSA) is 45.1 Å². The molecule has 0 saturated heterocycles. The first-order valence-electron chi connectivity index (χ1n) is 5.92. The number of nitrogens with one attached hydrogen (secondary N) is 1. The zero-order valence-electron chi connectivity index (χ0n) is 10.2. The summed E-state index contributed by atoms with van der Waals surface area (Å²) in [5, 5.41) is 15.8. The van der Waals surface area contributed by atoms with Crippen LogP contribution >= 0.6 is 11.3 Å². The largest absolute Gasteiger partial charge is 0.396 e. The number of aromatic nitrogens is 1. The molecule has 0 aliphatic heterocycles. The number of fused-ring (bicyclic) bond motifs is 1. The van der Waals surface area contributed by atoms with Gasteiger partial charge in [0.05, 0.1) is 0 Å². The second-order valence-corrected chi connectivity index (χ2v) is 5.45. The molecule has 1 unspecified atom stereocenters. The fourth-order valence-corrected chi connectivity index (χ4v) is 2.68. The number of hydrogen-bond acceptors (Lipinski definition) is 4. The van der Waals surface area contributed by atoms with E-state index in [1.165, 1.54) is 10.1 Å². The van der Waals surface area contributed by atoms with Gasteiger partial charge in [0.2, 0.25) is 0 Å². The lowest BCUT2D eigenvalue weighted by molar-refractivity contribution is 0.267. The molecule has 0 aliphatic rings. The second-order valence-electron chi connectivity index (χ2n) is 4.50. The van der Waals surface area contributed by atoms with Gasteiger partial charge in [-0.15, -0.1) is 11.3 Å². The Bertz CT molecular complexity index is 481. The van der Waals surface area contributed by atoms with Crippen molar-refractivity contribution < 1.29 is 5.11 Å². The summed E-state index contributed by atoms with van der Waals surface area (Å²) in [5.74, 6) is 1.40. The van der Waals surface area contributed by atoms with E-state index >= 15 is 0 Å². The van der Waals surface area contributed by atoms with Crippen molar-refractivity contribution in [3.63, 3.8) is 0 Å². The molecule has 2 aromatic rings. The van der Waals surface area contributed by atoms with Crippen LogP contribution in [0.4, 0.5) is 5.82 Å². The average molecular weight is 250 g/mol. The molecule has 0 aromatic carbocycles. The molecule has 0 radical (unpaired) electrons. The van der Waals surface area contributed by atoms with Gasteiger partial charge in [0.25, 0.3) is 0 Å². The van der Waals surface area contributed by atoms with Crippen molar-refractivity contribution in [2.24, 2.45) is 5.92 Å². The molecule has 17 heavy (non-hydrogen) atoms. The number of thiophene rings is 1. The van der Waals surface area contributed by atoms with Gasteiger partial charge in [-0.05, 0) is 29.9 Å². The van der Waals surface area contributed by atoms with E-state index in [-0.39, 0.29) is 12.6 Å². The third-order valence-corrected chi connectivity index (χ3v) is 3.83. The first-order valence-corrected chi connectivity index (χ1v) is 6.80. The van der Waals surface area contributed by atoms with Gasteiger partial charge in [-0.3, -0.25) is 0 Å². The number of rotatable bonds is 5. The van der Waals surface area contributed by atoms with Crippen molar-refractivity contribution >= 4 is 27.2 Å². The molecule has 0 amide bonds. The smallest absolute Gasteiger partial charge is 0.134 e.